The Morgan fingerprint density at radius 2 is 1.92 bits per heavy atom. The number of ether oxygens (including phenoxy) is 2. The van der Waals surface area contributed by atoms with Crippen LogP contribution in [0.2, 0.25) is 0 Å². The first kappa shape index (κ1) is 17.7. The molecule has 0 amide bonds. The van der Waals surface area contributed by atoms with E-state index in [1.807, 2.05) is 56.3 Å². The van der Waals surface area contributed by atoms with Crippen molar-refractivity contribution in [2.75, 3.05) is 6.61 Å². The summed E-state index contributed by atoms with van der Waals surface area (Å²) in [6, 6.07) is 13.7. The minimum Gasteiger partial charge on any atom is -0.464 e. The van der Waals surface area contributed by atoms with E-state index in [9.17, 15) is 4.79 Å². The topological polar surface area (TPSA) is 77.1 Å². The molecule has 1 N–H and O–H groups in total. The highest BCUT2D eigenvalue weighted by Gasteiger charge is 2.03. The predicted molar refractivity (Wildman–Crippen MR) is 98.9 cm³/mol. The van der Waals surface area contributed by atoms with E-state index in [0.29, 0.717) is 30.9 Å². The molecule has 0 saturated heterocycles. The van der Waals surface area contributed by atoms with Gasteiger partial charge < -0.3 is 9.47 Å². The van der Waals surface area contributed by atoms with Crippen molar-refractivity contribution < 1.29 is 9.47 Å². The molecule has 26 heavy (non-hydrogen) atoms. The molecule has 134 valence electrons. The molecule has 3 rings (SSSR count). The van der Waals surface area contributed by atoms with Crippen LogP contribution in [0.4, 0.5) is 0 Å². The summed E-state index contributed by atoms with van der Waals surface area (Å²) >= 11 is 0. The average molecular weight is 351 g/mol. The standard InChI is InChI=1S/C20H21N3O3/c1-3-16-13-21-20(23-19(16)24)25-12-11-15-7-9-17(10-8-15)26-18-6-4-5-14(2)22-18/h4-10,13H,3,11-12H2,1-2H3,(H,21,23,24). The van der Waals surface area contributed by atoms with Crippen LogP contribution in [0, 0.1) is 6.92 Å². The molecule has 1 aromatic carbocycles. The number of aryl methyl sites for hydroxylation is 2. The fourth-order valence-electron chi connectivity index (χ4n) is 2.42. The van der Waals surface area contributed by atoms with Crippen molar-refractivity contribution >= 4 is 0 Å². The van der Waals surface area contributed by atoms with Crippen molar-refractivity contribution in [1.82, 2.24) is 15.0 Å². The van der Waals surface area contributed by atoms with Gasteiger partial charge in [0.25, 0.3) is 11.6 Å². The van der Waals surface area contributed by atoms with Gasteiger partial charge in [0.1, 0.15) is 5.75 Å². The van der Waals surface area contributed by atoms with Crippen LogP contribution in [0.25, 0.3) is 0 Å². The summed E-state index contributed by atoms with van der Waals surface area (Å²) in [5, 5.41) is 0. The van der Waals surface area contributed by atoms with Gasteiger partial charge in [0.05, 0.1) is 6.61 Å². The zero-order valence-electron chi connectivity index (χ0n) is 14.9. The van der Waals surface area contributed by atoms with Gasteiger partial charge in [0, 0.05) is 29.9 Å². The highest BCUT2D eigenvalue weighted by molar-refractivity contribution is 5.31. The van der Waals surface area contributed by atoms with Gasteiger partial charge in [-0.1, -0.05) is 25.1 Å². The van der Waals surface area contributed by atoms with E-state index < -0.39 is 0 Å². The molecule has 0 fully saturated rings. The van der Waals surface area contributed by atoms with Crippen LogP contribution >= 0.6 is 0 Å². The molecule has 0 atom stereocenters. The van der Waals surface area contributed by atoms with Crippen molar-refractivity contribution in [3.63, 3.8) is 0 Å². The molecular weight excluding hydrogens is 330 g/mol. The number of nitrogens with one attached hydrogen (secondary N) is 1. The summed E-state index contributed by atoms with van der Waals surface area (Å²) in [7, 11) is 0. The number of rotatable bonds is 7. The van der Waals surface area contributed by atoms with Gasteiger partial charge in [-0.2, -0.15) is 0 Å². The lowest BCUT2D eigenvalue weighted by Crippen LogP contribution is -2.15. The van der Waals surface area contributed by atoms with E-state index >= 15 is 0 Å². The van der Waals surface area contributed by atoms with Crippen molar-refractivity contribution in [3.8, 4) is 17.6 Å². The molecule has 0 spiro atoms. The molecule has 0 bridgehead atoms. The molecule has 6 nitrogen and oxygen atoms in total. The Labute approximate surface area is 151 Å². The Balaban J connectivity index is 1.53. The zero-order chi connectivity index (χ0) is 18.4. The minimum atomic E-state index is -0.149. The van der Waals surface area contributed by atoms with Crippen LogP contribution in [0.5, 0.6) is 17.6 Å². The number of aromatic nitrogens is 3. The Morgan fingerprint density at radius 3 is 2.62 bits per heavy atom. The van der Waals surface area contributed by atoms with Crippen LogP contribution < -0.4 is 15.0 Å². The first-order valence-corrected chi connectivity index (χ1v) is 8.55. The normalized spacial score (nSPS) is 10.5. The first-order valence-electron chi connectivity index (χ1n) is 8.55. The van der Waals surface area contributed by atoms with Gasteiger partial charge in [0.2, 0.25) is 5.88 Å². The third-order valence-electron chi connectivity index (χ3n) is 3.87. The summed E-state index contributed by atoms with van der Waals surface area (Å²) in [6.45, 7) is 4.26. The second-order valence-corrected chi connectivity index (χ2v) is 5.86. The van der Waals surface area contributed by atoms with Gasteiger partial charge in [-0.3, -0.25) is 9.78 Å². The third-order valence-corrected chi connectivity index (χ3v) is 3.87. The van der Waals surface area contributed by atoms with Gasteiger partial charge in [-0.25, -0.2) is 9.97 Å². The lowest BCUT2D eigenvalue weighted by Gasteiger charge is -2.08. The molecule has 6 heteroatoms. The Bertz CT molecular complexity index is 920. The highest BCUT2D eigenvalue weighted by atomic mass is 16.5. The monoisotopic (exact) mass is 351 g/mol. The highest BCUT2D eigenvalue weighted by Crippen LogP contribution is 2.20. The number of benzene rings is 1. The van der Waals surface area contributed by atoms with Crippen LogP contribution in [0.15, 0.2) is 53.5 Å². The maximum absolute atomic E-state index is 11.7. The van der Waals surface area contributed by atoms with Crippen molar-refractivity contribution in [3.05, 3.63) is 75.8 Å². The van der Waals surface area contributed by atoms with E-state index in [4.69, 9.17) is 9.47 Å². The van der Waals surface area contributed by atoms with Crippen molar-refractivity contribution in [2.45, 2.75) is 26.7 Å². The lowest BCUT2D eigenvalue weighted by atomic mass is 10.1. The van der Waals surface area contributed by atoms with E-state index in [1.165, 1.54) is 0 Å². The Morgan fingerprint density at radius 1 is 1.12 bits per heavy atom. The fraction of sp³-hybridized carbons (Fsp3) is 0.250. The SMILES string of the molecule is CCc1cnc(OCCc2ccc(Oc3cccc(C)n3)cc2)[nH]c1=O. The maximum Gasteiger partial charge on any atom is 0.296 e. The van der Waals surface area contributed by atoms with Gasteiger partial charge in [0.15, 0.2) is 0 Å². The zero-order valence-corrected chi connectivity index (χ0v) is 14.9. The fourth-order valence-corrected chi connectivity index (χ4v) is 2.42. The summed E-state index contributed by atoms with van der Waals surface area (Å²) in [6.07, 6.45) is 2.90. The quantitative estimate of drug-likeness (QED) is 0.705. The van der Waals surface area contributed by atoms with Gasteiger partial charge >= 0.3 is 0 Å². The molecule has 0 saturated carbocycles. The largest absolute Gasteiger partial charge is 0.464 e. The smallest absolute Gasteiger partial charge is 0.296 e. The predicted octanol–water partition coefficient (Wildman–Crippen LogP) is 3.45. The average Bonchev–Trinajstić information content (AvgIpc) is 2.63. The van der Waals surface area contributed by atoms with E-state index in [-0.39, 0.29) is 11.6 Å². The van der Waals surface area contributed by atoms with Crippen molar-refractivity contribution in [1.29, 1.82) is 0 Å². The number of H-pyrrole nitrogens is 1. The van der Waals surface area contributed by atoms with Gasteiger partial charge in [-0.15, -0.1) is 0 Å². The minimum absolute atomic E-state index is 0.149. The second-order valence-electron chi connectivity index (χ2n) is 5.86. The number of aromatic amines is 1. The summed E-state index contributed by atoms with van der Waals surface area (Å²) < 4.78 is 11.3. The number of hydrogen-bond donors (Lipinski definition) is 1. The number of hydrogen-bond acceptors (Lipinski definition) is 5. The van der Waals surface area contributed by atoms with Crippen molar-refractivity contribution in [2.24, 2.45) is 0 Å². The maximum atomic E-state index is 11.7. The molecule has 2 aromatic heterocycles. The van der Waals surface area contributed by atoms with Crippen LogP contribution in [-0.2, 0) is 12.8 Å². The van der Waals surface area contributed by atoms with E-state index in [2.05, 4.69) is 15.0 Å². The summed E-state index contributed by atoms with van der Waals surface area (Å²) in [5.41, 5.74) is 2.51. The lowest BCUT2D eigenvalue weighted by molar-refractivity contribution is 0.295. The Kier molecular flexibility index (Phi) is 5.63. The molecule has 0 radical (unpaired) electrons. The third kappa shape index (κ3) is 4.69. The Hall–Kier alpha value is -3.15. The first-order chi connectivity index (χ1) is 12.6. The molecule has 2 heterocycles. The molecule has 0 unspecified atom stereocenters. The summed E-state index contributed by atoms with van der Waals surface area (Å²) in [5.74, 6) is 1.31. The van der Waals surface area contributed by atoms with Gasteiger partial charge in [-0.05, 0) is 37.1 Å². The number of nitrogens with zero attached hydrogens (tertiary/aromatic N) is 2. The second kappa shape index (κ2) is 8.29. The van der Waals surface area contributed by atoms with Crippen LogP contribution in [0.1, 0.15) is 23.7 Å². The molecule has 0 aliphatic rings. The molecule has 3 aromatic rings. The van der Waals surface area contributed by atoms with Crippen LogP contribution in [0.3, 0.4) is 0 Å². The molecular formula is C20H21N3O3. The molecule has 0 aliphatic carbocycles. The van der Waals surface area contributed by atoms with E-state index in [1.54, 1.807) is 6.20 Å². The number of pyridine rings is 1. The summed E-state index contributed by atoms with van der Waals surface area (Å²) in [4.78, 5) is 22.8. The van der Waals surface area contributed by atoms with Crippen LogP contribution in [-0.4, -0.2) is 21.6 Å². The molecule has 0 aliphatic heterocycles. The van der Waals surface area contributed by atoms with E-state index in [0.717, 1.165) is 17.0 Å².